The topological polar surface area (TPSA) is 55.1 Å². The number of aromatic nitrogens is 1. The van der Waals surface area contributed by atoms with Crippen LogP contribution in [0.4, 0.5) is 0 Å². The molecule has 1 unspecified atom stereocenters. The van der Waals surface area contributed by atoms with E-state index in [0.717, 1.165) is 11.5 Å². The predicted octanol–water partition coefficient (Wildman–Crippen LogP) is 3.79. The van der Waals surface area contributed by atoms with Gasteiger partial charge in [-0.05, 0) is 38.2 Å². The zero-order valence-electron chi connectivity index (χ0n) is 13.5. The summed E-state index contributed by atoms with van der Waals surface area (Å²) in [6.07, 6.45) is 2.40. The van der Waals surface area contributed by atoms with E-state index >= 15 is 0 Å². The van der Waals surface area contributed by atoms with E-state index in [2.05, 4.69) is 41.7 Å². The van der Waals surface area contributed by atoms with E-state index in [4.69, 9.17) is 4.52 Å². The summed E-state index contributed by atoms with van der Waals surface area (Å²) < 4.78 is 5.15. The summed E-state index contributed by atoms with van der Waals surface area (Å²) in [4.78, 5) is 12.2. The molecule has 122 valence electrons. The predicted molar refractivity (Wildman–Crippen MR) is 92.2 cm³/mol. The maximum Gasteiger partial charge on any atom is 0.230 e. The summed E-state index contributed by atoms with van der Waals surface area (Å²) in [5, 5.41) is 7.05. The lowest BCUT2D eigenvalue weighted by Crippen LogP contribution is -2.31. The van der Waals surface area contributed by atoms with Crippen LogP contribution in [0.3, 0.4) is 0 Å². The number of hydrogen-bond acceptors (Lipinski definition) is 4. The van der Waals surface area contributed by atoms with Gasteiger partial charge in [0, 0.05) is 6.07 Å². The monoisotopic (exact) mass is 330 g/mol. The molecule has 2 aromatic rings. The van der Waals surface area contributed by atoms with Crippen LogP contribution in [0.2, 0.25) is 0 Å². The Bertz CT molecular complexity index is 662. The first-order valence-electron chi connectivity index (χ1n) is 7.97. The van der Waals surface area contributed by atoms with Gasteiger partial charge in [0.2, 0.25) is 5.91 Å². The molecule has 1 atom stereocenters. The Morgan fingerprint density at radius 2 is 2.09 bits per heavy atom. The quantitative estimate of drug-likeness (QED) is 0.839. The van der Waals surface area contributed by atoms with E-state index in [1.54, 1.807) is 11.8 Å². The molecule has 1 saturated carbocycles. The first kappa shape index (κ1) is 16.1. The Balaban J connectivity index is 1.51. The molecule has 3 rings (SSSR count). The first-order valence-corrected chi connectivity index (χ1v) is 9.13. The third-order valence-corrected chi connectivity index (χ3v) is 4.96. The van der Waals surface area contributed by atoms with Crippen molar-refractivity contribution in [1.82, 2.24) is 10.5 Å². The fourth-order valence-corrected chi connectivity index (χ4v) is 3.33. The number of benzene rings is 1. The molecule has 0 spiro atoms. The SMILES string of the molecule is Cc1ccc(C(NC(=O)CSCc2cc(C)no2)C2CC2)cc1. The Morgan fingerprint density at radius 3 is 2.70 bits per heavy atom. The molecule has 1 aliphatic rings. The highest BCUT2D eigenvalue weighted by atomic mass is 32.2. The second-order valence-electron chi connectivity index (χ2n) is 6.22. The summed E-state index contributed by atoms with van der Waals surface area (Å²) in [5.74, 6) is 2.60. The van der Waals surface area contributed by atoms with Gasteiger partial charge in [0.25, 0.3) is 0 Å². The van der Waals surface area contributed by atoms with Gasteiger partial charge in [-0.2, -0.15) is 0 Å². The standard InChI is InChI=1S/C18H22N2O2S/c1-12-3-5-14(6-4-12)18(15-7-8-15)19-17(21)11-23-10-16-9-13(2)20-22-16/h3-6,9,15,18H,7-8,10-11H2,1-2H3,(H,19,21). The maximum absolute atomic E-state index is 12.2. The largest absolute Gasteiger partial charge is 0.360 e. The lowest BCUT2D eigenvalue weighted by atomic mass is 10.0. The summed E-state index contributed by atoms with van der Waals surface area (Å²) in [6.45, 7) is 3.97. The Kier molecular flexibility index (Phi) is 5.06. The molecule has 1 amide bonds. The van der Waals surface area contributed by atoms with Gasteiger partial charge in [0.05, 0.1) is 23.2 Å². The first-order chi connectivity index (χ1) is 11.1. The molecule has 5 heteroatoms. The number of hydrogen-bond donors (Lipinski definition) is 1. The second kappa shape index (κ2) is 7.21. The van der Waals surface area contributed by atoms with E-state index in [0.29, 0.717) is 17.4 Å². The minimum absolute atomic E-state index is 0.0868. The van der Waals surface area contributed by atoms with E-state index < -0.39 is 0 Å². The van der Waals surface area contributed by atoms with Crippen molar-refractivity contribution in [3.63, 3.8) is 0 Å². The number of amides is 1. The third-order valence-electron chi connectivity index (χ3n) is 4.00. The maximum atomic E-state index is 12.2. The highest BCUT2D eigenvalue weighted by Gasteiger charge is 2.33. The molecule has 4 nitrogen and oxygen atoms in total. The van der Waals surface area contributed by atoms with Crippen LogP contribution < -0.4 is 5.32 Å². The summed E-state index contributed by atoms with van der Waals surface area (Å²) in [5.41, 5.74) is 3.33. The van der Waals surface area contributed by atoms with Gasteiger partial charge in [-0.25, -0.2) is 0 Å². The molecule has 0 bridgehead atoms. The van der Waals surface area contributed by atoms with Gasteiger partial charge >= 0.3 is 0 Å². The molecular weight excluding hydrogens is 308 g/mol. The molecule has 1 aromatic carbocycles. The van der Waals surface area contributed by atoms with Crippen LogP contribution in [0.15, 0.2) is 34.9 Å². The van der Waals surface area contributed by atoms with Crippen molar-refractivity contribution in [1.29, 1.82) is 0 Å². The lowest BCUT2D eigenvalue weighted by Gasteiger charge is -2.19. The van der Waals surface area contributed by atoms with Crippen LogP contribution in [-0.4, -0.2) is 16.8 Å². The van der Waals surface area contributed by atoms with Crippen molar-refractivity contribution in [2.75, 3.05) is 5.75 Å². The molecule has 0 saturated heterocycles. The van der Waals surface area contributed by atoms with E-state index in [1.807, 2.05) is 13.0 Å². The molecule has 0 radical (unpaired) electrons. The van der Waals surface area contributed by atoms with Gasteiger partial charge in [0.1, 0.15) is 5.76 Å². The van der Waals surface area contributed by atoms with E-state index in [-0.39, 0.29) is 11.9 Å². The van der Waals surface area contributed by atoms with Crippen molar-refractivity contribution in [2.24, 2.45) is 5.92 Å². The van der Waals surface area contributed by atoms with Crippen LogP contribution in [0.5, 0.6) is 0 Å². The second-order valence-corrected chi connectivity index (χ2v) is 7.21. The third kappa shape index (κ3) is 4.61. The smallest absolute Gasteiger partial charge is 0.230 e. The fraction of sp³-hybridized carbons (Fsp3) is 0.444. The minimum atomic E-state index is 0.0868. The number of nitrogens with one attached hydrogen (secondary N) is 1. The van der Waals surface area contributed by atoms with Gasteiger partial charge < -0.3 is 9.84 Å². The molecule has 1 aliphatic carbocycles. The molecule has 23 heavy (non-hydrogen) atoms. The Labute approximate surface area is 141 Å². The van der Waals surface area contributed by atoms with E-state index in [9.17, 15) is 4.79 Å². The van der Waals surface area contributed by atoms with Crippen molar-refractivity contribution in [3.05, 3.63) is 52.9 Å². The molecular formula is C18H22N2O2S. The van der Waals surface area contributed by atoms with Gasteiger partial charge in [0.15, 0.2) is 0 Å². The van der Waals surface area contributed by atoms with Crippen molar-refractivity contribution < 1.29 is 9.32 Å². The zero-order chi connectivity index (χ0) is 16.2. The average Bonchev–Trinajstić information content (AvgIpc) is 3.29. The van der Waals surface area contributed by atoms with Crippen molar-refractivity contribution >= 4 is 17.7 Å². The van der Waals surface area contributed by atoms with Crippen LogP contribution in [0.1, 0.15) is 41.5 Å². The number of rotatable bonds is 7. The molecule has 1 fully saturated rings. The molecule has 0 aliphatic heterocycles. The summed E-state index contributed by atoms with van der Waals surface area (Å²) in [6, 6.07) is 10.5. The molecule has 1 aromatic heterocycles. The normalized spacial score (nSPS) is 15.4. The number of carbonyl (C=O) groups excluding carboxylic acids is 1. The van der Waals surface area contributed by atoms with Crippen LogP contribution in [-0.2, 0) is 10.5 Å². The number of thioether (sulfide) groups is 1. The molecule has 1 N–H and O–H groups in total. The van der Waals surface area contributed by atoms with Gasteiger partial charge in [-0.15, -0.1) is 11.8 Å². The Hall–Kier alpha value is -1.75. The lowest BCUT2D eigenvalue weighted by molar-refractivity contribution is -0.119. The Morgan fingerprint density at radius 1 is 1.35 bits per heavy atom. The van der Waals surface area contributed by atoms with Gasteiger partial charge in [-0.3, -0.25) is 4.79 Å². The van der Waals surface area contributed by atoms with Crippen LogP contribution in [0, 0.1) is 19.8 Å². The number of aryl methyl sites for hydroxylation is 2. The van der Waals surface area contributed by atoms with Crippen molar-refractivity contribution in [3.8, 4) is 0 Å². The number of nitrogens with zero attached hydrogens (tertiary/aromatic N) is 1. The highest BCUT2D eigenvalue weighted by molar-refractivity contribution is 7.99. The van der Waals surface area contributed by atoms with Gasteiger partial charge in [-0.1, -0.05) is 35.0 Å². The molecule has 1 heterocycles. The zero-order valence-corrected chi connectivity index (χ0v) is 14.4. The van der Waals surface area contributed by atoms with Crippen molar-refractivity contribution in [2.45, 2.75) is 38.5 Å². The van der Waals surface area contributed by atoms with Crippen LogP contribution >= 0.6 is 11.8 Å². The van der Waals surface area contributed by atoms with Crippen LogP contribution in [0.25, 0.3) is 0 Å². The summed E-state index contributed by atoms with van der Waals surface area (Å²) >= 11 is 1.55. The fourth-order valence-electron chi connectivity index (χ4n) is 2.62. The summed E-state index contributed by atoms with van der Waals surface area (Å²) in [7, 11) is 0. The highest BCUT2D eigenvalue weighted by Crippen LogP contribution is 2.41. The van der Waals surface area contributed by atoms with E-state index in [1.165, 1.54) is 24.0 Å². The average molecular weight is 330 g/mol. The number of carbonyl (C=O) groups is 1. The minimum Gasteiger partial charge on any atom is -0.360 e.